The number of likely N-dealkylation sites (tertiary alicyclic amines) is 1. The second-order valence-electron chi connectivity index (χ2n) is 8.37. The van der Waals surface area contributed by atoms with Crippen molar-refractivity contribution in [2.24, 2.45) is 0 Å². The first-order valence-electron chi connectivity index (χ1n) is 11.1. The van der Waals surface area contributed by atoms with E-state index in [9.17, 15) is 9.18 Å². The first-order valence-corrected chi connectivity index (χ1v) is 11.1. The maximum Gasteiger partial charge on any atom is 0.264 e. The van der Waals surface area contributed by atoms with E-state index in [1.165, 1.54) is 6.07 Å². The number of para-hydroxylation sites is 1. The summed E-state index contributed by atoms with van der Waals surface area (Å²) in [5, 5.41) is 0. The summed E-state index contributed by atoms with van der Waals surface area (Å²) in [6, 6.07) is 12.2. The van der Waals surface area contributed by atoms with Gasteiger partial charge in [-0.15, -0.1) is 0 Å². The molecule has 0 N–H and O–H groups in total. The Hall–Kier alpha value is -2.93. The molecule has 5 rings (SSSR count). The minimum atomic E-state index is -0.324. The molecule has 0 saturated carbocycles. The van der Waals surface area contributed by atoms with Gasteiger partial charge in [0.25, 0.3) is 5.56 Å². The summed E-state index contributed by atoms with van der Waals surface area (Å²) < 4.78 is 21.4. The highest BCUT2D eigenvalue weighted by Gasteiger charge is 2.26. The number of pyridine rings is 1. The summed E-state index contributed by atoms with van der Waals surface area (Å²) in [6.45, 7) is 4.06. The average Bonchev–Trinajstić information content (AvgIpc) is 3.33. The Labute approximate surface area is 180 Å². The summed E-state index contributed by atoms with van der Waals surface area (Å²) in [4.78, 5) is 22.7. The molecule has 1 aromatic carbocycles. The van der Waals surface area contributed by atoms with Gasteiger partial charge in [-0.2, -0.15) is 0 Å². The van der Waals surface area contributed by atoms with Gasteiger partial charge >= 0.3 is 0 Å². The predicted molar refractivity (Wildman–Crippen MR) is 118 cm³/mol. The van der Waals surface area contributed by atoms with Gasteiger partial charge in [0, 0.05) is 38.9 Å². The van der Waals surface area contributed by atoms with Crippen LogP contribution in [0.2, 0.25) is 0 Å². The first-order chi connectivity index (χ1) is 15.2. The Bertz CT molecular complexity index is 1120. The molecule has 0 unspecified atom stereocenters. The topological polar surface area (TPSA) is 50.1 Å². The van der Waals surface area contributed by atoms with Crippen LogP contribution in [-0.4, -0.2) is 46.6 Å². The van der Waals surface area contributed by atoms with E-state index < -0.39 is 0 Å². The number of anilines is 1. The van der Waals surface area contributed by atoms with E-state index in [1.807, 2.05) is 18.2 Å². The summed E-state index contributed by atoms with van der Waals surface area (Å²) >= 11 is 0. The van der Waals surface area contributed by atoms with E-state index >= 15 is 0 Å². The van der Waals surface area contributed by atoms with Gasteiger partial charge in [0.15, 0.2) is 11.6 Å². The molecule has 2 fully saturated rings. The molecule has 2 aliphatic rings. The molecule has 0 bridgehead atoms. The Morgan fingerprint density at radius 1 is 1.00 bits per heavy atom. The highest BCUT2D eigenvalue weighted by molar-refractivity contribution is 5.54. The third kappa shape index (κ3) is 4.14. The quantitative estimate of drug-likeness (QED) is 0.630. The zero-order valence-electron chi connectivity index (χ0n) is 17.5. The SMILES string of the molecule is O=c1c(CN2CCC(Oc3ccccc3F)CC2)c(N2CCCC2)nc2ccccn12. The monoisotopic (exact) mass is 422 g/mol. The van der Waals surface area contributed by atoms with Crippen LogP contribution in [0.25, 0.3) is 5.65 Å². The fourth-order valence-corrected chi connectivity index (χ4v) is 4.57. The molecular formula is C24H27FN4O2. The number of hydrogen-bond donors (Lipinski definition) is 0. The first kappa shape index (κ1) is 20.0. The van der Waals surface area contributed by atoms with Crippen LogP contribution in [0.3, 0.4) is 0 Å². The summed E-state index contributed by atoms with van der Waals surface area (Å²) in [6.07, 6.45) is 5.64. The number of ether oxygens (including phenoxy) is 1. The average molecular weight is 423 g/mol. The van der Waals surface area contributed by atoms with Crippen molar-refractivity contribution in [1.82, 2.24) is 14.3 Å². The van der Waals surface area contributed by atoms with Crippen molar-refractivity contribution < 1.29 is 9.13 Å². The maximum atomic E-state index is 13.9. The van der Waals surface area contributed by atoms with Crippen LogP contribution in [-0.2, 0) is 6.54 Å². The van der Waals surface area contributed by atoms with Crippen LogP contribution in [0.5, 0.6) is 5.75 Å². The third-order valence-electron chi connectivity index (χ3n) is 6.26. The van der Waals surface area contributed by atoms with Crippen LogP contribution >= 0.6 is 0 Å². The van der Waals surface area contributed by atoms with Crippen LogP contribution < -0.4 is 15.2 Å². The molecule has 0 spiro atoms. The number of fused-ring (bicyclic) bond motifs is 1. The minimum Gasteiger partial charge on any atom is -0.487 e. The van der Waals surface area contributed by atoms with E-state index in [1.54, 1.807) is 28.8 Å². The van der Waals surface area contributed by atoms with Gasteiger partial charge in [0.05, 0.1) is 5.56 Å². The molecule has 4 heterocycles. The van der Waals surface area contributed by atoms with E-state index in [0.717, 1.165) is 63.2 Å². The Balaban J connectivity index is 1.34. The molecular weight excluding hydrogens is 395 g/mol. The van der Waals surface area contributed by atoms with Crippen molar-refractivity contribution in [3.63, 3.8) is 0 Å². The van der Waals surface area contributed by atoms with Crippen molar-refractivity contribution in [3.8, 4) is 5.75 Å². The maximum absolute atomic E-state index is 13.9. The number of rotatable bonds is 5. The molecule has 2 aliphatic heterocycles. The van der Waals surface area contributed by atoms with Crippen molar-refractivity contribution in [3.05, 3.63) is 70.4 Å². The van der Waals surface area contributed by atoms with E-state index in [4.69, 9.17) is 9.72 Å². The second-order valence-corrected chi connectivity index (χ2v) is 8.37. The molecule has 2 aromatic heterocycles. The second kappa shape index (κ2) is 8.67. The highest BCUT2D eigenvalue weighted by Crippen LogP contribution is 2.25. The van der Waals surface area contributed by atoms with Gasteiger partial charge in [-0.1, -0.05) is 18.2 Å². The summed E-state index contributed by atoms with van der Waals surface area (Å²) in [5.41, 5.74) is 1.46. The van der Waals surface area contributed by atoms with Gasteiger partial charge in [-0.25, -0.2) is 9.37 Å². The molecule has 2 saturated heterocycles. The van der Waals surface area contributed by atoms with Crippen molar-refractivity contribution in [2.75, 3.05) is 31.1 Å². The van der Waals surface area contributed by atoms with E-state index in [0.29, 0.717) is 17.9 Å². The van der Waals surface area contributed by atoms with Crippen LogP contribution in [0.15, 0.2) is 53.5 Å². The number of hydrogen-bond acceptors (Lipinski definition) is 5. The lowest BCUT2D eigenvalue weighted by molar-refractivity contribution is 0.0933. The van der Waals surface area contributed by atoms with Crippen molar-refractivity contribution in [1.29, 1.82) is 0 Å². The summed E-state index contributed by atoms with van der Waals surface area (Å²) in [7, 11) is 0. The van der Waals surface area contributed by atoms with Crippen molar-refractivity contribution >= 4 is 11.5 Å². The zero-order chi connectivity index (χ0) is 21.2. The van der Waals surface area contributed by atoms with Crippen LogP contribution in [0, 0.1) is 5.82 Å². The molecule has 0 atom stereocenters. The minimum absolute atomic E-state index is 0.0113. The van der Waals surface area contributed by atoms with Gasteiger partial charge in [0.2, 0.25) is 0 Å². The molecule has 7 heteroatoms. The standard InChI is InChI=1S/C24H27FN4O2/c25-20-7-1-2-8-21(20)31-18-10-15-27(16-11-18)17-19-23(28-12-5-6-13-28)26-22-9-3-4-14-29(22)24(19)30/h1-4,7-9,14,18H,5-6,10-13,15-17H2. The number of piperidine rings is 1. The summed E-state index contributed by atoms with van der Waals surface area (Å²) in [5.74, 6) is 0.822. The fourth-order valence-electron chi connectivity index (χ4n) is 4.57. The Kier molecular flexibility index (Phi) is 5.59. The number of halogens is 1. The fraction of sp³-hybridized carbons (Fsp3) is 0.417. The highest BCUT2D eigenvalue weighted by atomic mass is 19.1. The number of aromatic nitrogens is 2. The third-order valence-corrected chi connectivity index (χ3v) is 6.26. The number of nitrogens with zero attached hydrogens (tertiary/aromatic N) is 4. The lowest BCUT2D eigenvalue weighted by Crippen LogP contribution is -2.40. The normalized spacial score (nSPS) is 18.0. The van der Waals surface area contributed by atoms with Gasteiger partial charge in [-0.3, -0.25) is 14.1 Å². The zero-order valence-corrected chi connectivity index (χ0v) is 17.5. The van der Waals surface area contributed by atoms with E-state index in [2.05, 4.69) is 9.80 Å². The lowest BCUT2D eigenvalue weighted by Gasteiger charge is -2.32. The van der Waals surface area contributed by atoms with Gasteiger partial charge in [-0.05, 0) is 49.9 Å². The lowest BCUT2D eigenvalue weighted by atomic mass is 10.1. The molecule has 6 nitrogen and oxygen atoms in total. The Morgan fingerprint density at radius 3 is 2.52 bits per heavy atom. The van der Waals surface area contributed by atoms with Crippen LogP contribution in [0.4, 0.5) is 10.2 Å². The van der Waals surface area contributed by atoms with E-state index in [-0.39, 0.29) is 17.5 Å². The molecule has 0 amide bonds. The van der Waals surface area contributed by atoms with Crippen LogP contribution in [0.1, 0.15) is 31.2 Å². The smallest absolute Gasteiger partial charge is 0.264 e. The molecule has 162 valence electrons. The van der Waals surface area contributed by atoms with Gasteiger partial charge in [0.1, 0.15) is 17.6 Å². The molecule has 0 aliphatic carbocycles. The van der Waals surface area contributed by atoms with Crippen molar-refractivity contribution in [2.45, 2.75) is 38.3 Å². The number of benzene rings is 1. The van der Waals surface area contributed by atoms with Gasteiger partial charge < -0.3 is 9.64 Å². The molecule has 0 radical (unpaired) electrons. The predicted octanol–water partition coefficient (Wildman–Crippen LogP) is 3.48. The molecule has 31 heavy (non-hydrogen) atoms. The Morgan fingerprint density at radius 2 is 1.74 bits per heavy atom. The molecule has 3 aromatic rings. The largest absolute Gasteiger partial charge is 0.487 e.